The summed E-state index contributed by atoms with van der Waals surface area (Å²) in [5.74, 6) is -0.0401. The van der Waals surface area contributed by atoms with Gasteiger partial charge in [0.05, 0.1) is 12.2 Å². The Labute approximate surface area is 121 Å². The number of hydrogen-bond acceptors (Lipinski definition) is 4. The first-order chi connectivity index (χ1) is 9.69. The molecule has 20 heavy (non-hydrogen) atoms. The molecule has 0 aromatic heterocycles. The molecule has 0 unspecified atom stereocenters. The van der Waals surface area contributed by atoms with Crippen molar-refractivity contribution < 1.29 is 9.53 Å². The van der Waals surface area contributed by atoms with Crippen molar-refractivity contribution in [3.63, 3.8) is 0 Å². The lowest BCUT2D eigenvalue weighted by molar-refractivity contribution is 0.0948. The Bertz CT molecular complexity index is 410. The number of nitrogens with zero attached hydrogens (tertiary/aromatic N) is 1. The zero-order valence-electron chi connectivity index (χ0n) is 12.6. The van der Waals surface area contributed by atoms with Crippen molar-refractivity contribution in [2.24, 2.45) is 0 Å². The number of ether oxygens (including phenoxy) is 1. The molecule has 1 rings (SSSR count). The summed E-state index contributed by atoms with van der Waals surface area (Å²) in [5, 5.41) is 6.14. The molecule has 1 aromatic rings. The van der Waals surface area contributed by atoms with Crippen molar-refractivity contribution in [2.75, 3.05) is 52.3 Å². The number of amides is 1. The lowest BCUT2D eigenvalue weighted by Crippen LogP contribution is -2.34. The van der Waals surface area contributed by atoms with Crippen LogP contribution in [-0.4, -0.2) is 57.8 Å². The van der Waals surface area contributed by atoms with Gasteiger partial charge in [-0.3, -0.25) is 4.79 Å². The normalized spacial score (nSPS) is 10.6. The molecular formula is C15H25N3O2. The Balaban J connectivity index is 2.43. The average Bonchev–Trinajstić information content (AvgIpc) is 2.46. The Kier molecular flexibility index (Phi) is 7.69. The fourth-order valence-electron chi connectivity index (χ4n) is 1.84. The molecule has 2 N–H and O–H groups in total. The zero-order valence-corrected chi connectivity index (χ0v) is 12.6. The van der Waals surface area contributed by atoms with E-state index >= 15 is 0 Å². The highest BCUT2D eigenvalue weighted by Crippen LogP contribution is 2.14. The van der Waals surface area contributed by atoms with Gasteiger partial charge in [-0.25, -0.2) is 0 Å². The average molecular weight is 279 g/mol. The molecular weight excluding hydrogens is 254 g/mol. The van der Waals surface area contributed by atoms with E-state index in [9.17, 15) is 4.79 Å². The maximum absolute atomic E-state index is 12.1. The standard InChI is InChI=1S/C15H25N3O2/c1-4-16-14-8-6-5-7-13(14)15(19)17-9-10-18(2)11-12-20-3/h5-8,16H,4,9-12H2,1-3H3,(H,17,19). The van der Waals surface area contributed by atoms with Crippen LogP contribution in [0.4, 0.5) is 5.69 Å². The van der Waals surface area contributed by atoms with Gasteiger partial charge >= 0.3 is 0 Å². The molecule has 1 amide bonds. The van der Waals surface area contributed by atoms with Crippen LogP contribution < -0.4 is 10.6 Å². The summed E-state index contributed by atoms with van der Waals surface area (Å²) >= 11 is 0. The van der Waals surface area contributed by atoms with E-state index in [4.69, 9.17) is 4.74 Å². The Morgan fingerprint density at radius 3 is 2.75 bits per heavy atom. The predicted octanol–water partition coefficient (Wildman–Crippen LogP) is 1.43. The van der Waals surface area contributed by atoms with Gasteiger partial charge in [-0.1, -0.05) is 12.1 Å². The third-order valence-electron chi connectivity index (χ3n) is 3.00. The first kappa shape index (κ1) is 16.5. The monoisotopic (exact) mass is 279 g/mol. The number of benzene rings is 1. The maximum atomic E-state index is 12.1. The number of likely N-dealkylation sites (N-methyl/N-ethyl adjacent to an activating group) is 1. The van der Waals surface area contributed by atoms with Crippen molar-refractivity contribution >= 4 is 11.6 Å². The van der Waals surface area contributed by atoms with Crippen LogP contribution in [0.1, 0.15) is 17.3 Å². The van der Waals surface area contributed by atoms with Crippen molar-refractivity contribution in [1.82, 2.24) is 10.2 Å². The fraction of sp³-hybridized carbons (Fsp3) is 0.533. The molecule has 5 nitrogen and oxygen atoms in total. The molecule has 0 radical (unpaired) electrons. The van der Waals surface area contributed by atoms with E-state index in [0.717, 1.165) is 25.3 Å². The summed E-state index contributed by atoms with van der Waals surface area (Å²) in [7, 11) is 3.70. The predicted molar refractivity (Wildman–Crippen MR) is 82.3 cm³/mol. The summed E-state index contributed by atoms with van der Waals surface area (Å²) in [6.07, 6.45) is 0. The van der Waals surface area contributed by atoms with Gasteiger partial charge < -0.3 is 20.3 Å². The molecule has 5 heteroatoms. The van der Waals surface area contributed by atoms with Crippen LogP contribution in [-0.2, 0) is 4.74 Å². The van der Waals surface area contributed by atoms with Crippen LogP contribution in [0.5, 0.6) is 0 Å². The van der Waals surface area contributed by atoms with Gasteiger partial charge in [0.15, 0.2) is 0 Å². The van der Waals surface area contributed by atoms with Gasteiger partial charge in [-0.05, 0) is 26.1 Å². The molecule has 0 aliphatic carbocycles. The van der Waals surface area contributed by atoms with Crippen LogP contribution in [0.15, 0.2) is 24.3 Å². The molecule has 0 aliphatic rings. The zero-order chi connectivity index (χ0) is 14.8. The molecule has 0 saturated heterocycles. The Morgan fingerprint density at radius 1 is 1.30 bits per heavy atom. The quantitative estimate of drug-likeness (QED) is 0.718. The molecule has 0 saturated carbocycles. The third-order valence-corrected chi connectivity index (χ3v) is 3.00. The van der Waals surface area contributed by atoms with Gasteiger partial charge in [-0.2, -0.15) is 0 Å². The first-order valence-electron chi connectivity index (χ1n) is 6.97. The number of carbonyl (C=O) groups is 1. The van der Waals surface area contributed by atoms with Crippen molar-refractivity contribution in [2.45, 2.75) is 6.92 Å². The number of anilines is 1. The molecule has 0 fully saturated rings. The van der Waals surface area contributed by atoms with Crippen molar-refractivity contribution in [3.8, 4) is 0 Å². The number of para-hydroxylation sites is 1. The minimum atomic E-state index is -0.0401. The highest BCUT2D eigenvalue weighted by molar-refractivity contribution is 5.99. The molecule has 112 valence electrons. The van der Waals surface area contributed by atoms with E-state index < -0.39 is 0 Å². The summed E-state index contributed by atoms with van der Waals surface area (Å²) in [6, 6.07) is 7.55. The molecule has 1 aromatic carbocycles. The third kappa shape index (κ3) is 5.59. The fourth-order valence-corrected chi connectivity index (χ4v) is 1.84. The number of methoxy groups -OCH3 is 1. The van der Waals surface area contributed by atoms with Crippen LogP contribution in [0, 0.1) is 0 Å². The van der Waals surface area contributed by atoms with Crippen LogP contribution >= 0.6 is 0 Å². The highest BCUT2D eigenvalue weighted by atomic mass is 16.5. The van der Waals surface area contributed by atoms with Crippen LogP contribution in [0.3, 0.4) is 0 Å². The van der Waals surface area contributed by atoms with Gasteiger partial charge in [0.1, 0.15) is 0 Å². The molecule has 0 aliphatic heterocycles. The highest BCUT2D eigenvalue weighted by Gasteiger charge is 2.09. The Morgan fingerprint density at radius 2 is 2.05 bits per heavy atom. The second kappa shape index (κ2) is 9.34. The minimum absolute atomic E-state index is 0.0401. The van der Waals surface area contributed by atoms with E-state index in [-0.39, 0.29) is 5.91 Å². The van der Waals surface area contributed by atoms with E-state index in [2.05, 4.69) is 15.5 Å². The topological polar surface area (TPSA) is 53.6 Å². The largest absolute Gasteiger partial charge is 0.385 e. The second-order valence-electron chi connectivity index (χ2n) is 4.63. The number of carbonyl (C=O) groups excluding carboxylic acids is 1. The second-order valence-corrected chi connectivity index (χ2v) is 4.63. The SMILES string of the molecule is CCNc1ccccc1C(=O)NCCN(C)CCOC. The van der Waals surface area contributed by atoms with E-state index in [1.165, 1.54) is 0 Å². The number of rotatable bonds is 9. The van der Waals surface area contributed by atoms with Gasteiger partial charge in [0.2, 0.25) is 0 Å². The first-order valence-corrected chi connectivity index (χ1v) is 6.97. The summed E-state index contributed by atoms with van der Waals surface area (Å²) in [4.78, 5) is 14.3. The lowest BCUT2D eigenvalue weighted by Gasteiger charge is -2.16. The molecule has 0 bridgehead atoms. The van der Waals surface area contributed by atoms with Gasteiger partial charge in [-0.15, -0.1) is 0 Å². The van der Waals surface area contributed by atoms with Gasteiger partial charge in [0.25, 0.3) is 5.91 Å². The summed E-state index contributed by atoms with van der Waals surface area (Å²) in [5.41, 5.74) is 1.56. The molecule has 0 heterocycles. The maximum Gasteiger partial charge on any atom is 0.253 e. The smallest absolute Gasteiger partial charge is 0.253 e. The molecule has 0 atom stereocenters. The van der Waals surface area contributed by atoms with Crippen molar-refractivity contribution in [3.05, 3.63) is 29.8 Å². The lowest BCUT2D eigenvalue weighted by atomic mass is 10.1. The summed E-state index contributed by atoms with van der Waals surface area (Å²) in [6.45, 7) is 5.80. The van der Waals surface area contributed by atoms with E-state index in [1.54, 1.807) is 7.11 Å². The van der Waals surface area contributed by atoms with Crippen LogP contribution in [0.25, 0.3) is 0 Å². The Hall–Kier alpha value is -1.59. The van der Waals surface area contributed by atoms with Gasteiger partial charge in [0, 0.05) is 39.0 Å². The van der Waals surface area contributed by atoms with Crippen LogP contribution in [0.2, 0.25) is 0 Å². The van der Waals surface area contributed by atoms with E-state index in [1.807, 2.05) is 38.2 Å². The summed E-state index contributed by atoms with van der Waals surface area (Å²) < 4.78 is 5.01. The number of hydrogen-bond donors (Lipinski definition) is 2. The van der Waals surface area contributed by atoms with Crippen molar-refractivity contribution in [1.29, 1.82) is 0 Å². The molecule has 0 spiro atoms. The van der Waals surface area contributed by atoms with E-state index in [0.29, 0.717) is 18.7 Å². The number of nitrogens with one attached hydrogen (secondary N) is 2. The minimum Gasteiger partial charge on any atom is -0.385 e.